The van der Waals surface area contributed by atoms with Crippen LogP contribution >= 0.6 is 11.3 Å². The van der Waals surface area contributed by atoms with Gasteiger partial charge in [-0.2, -0.15) is 0 Å². The van der Waals surface area contributed by atoms with Gasteiger partial charge in [0.2, 0.25) is 5.91 Å². The molecule has 0 unspecified atom stereocenters. The minimum absolute atomic E-state index is 0.180. The lowest BCUT2D eigenvalue weighted by Crippen LogP contribution is -2.42. The van der Waals surface area contributed by atoms with E-state index >= 15 is 0 Å². The molecular formula is C16H22N4O2S. The molecule has 3 heterocycles. The lowest BCUT2D eigenvalue weighted by molar-refractivity contribution is -0.139. The largest absolute Gasteiger partial charge is 0.366 e. The molecule has 6 nitrogen and oxygen atoms in total. The molecule has 124 valence electrons. The molecule has 0 aromatic carbocycles. The van der Waals surface area contributed by atoms with E-state index in [1.807, 2.05) is 27.9 Å². The van der Waals surface area contributed by atoms with E-state index in [-0.39, 0.29) is 12.0 Å². The summed E-state index contributed by atoms with van der Waals surface area (Å²) in [5, 5.41) is 7.97. The molecular weight excluding hydrogens is 312 g/mol. The summed E-state index contributed by atoms with van der Waals surface area (Å²) in [6, 6.07) is 4.29. The smallest absolute Gasteiger partial charge is 0.222 e. The zero-order chi connectivity index (χ0) is 16.2. The summed E-state index contributed by atoms with van der Waals surface area (Å²) in [6.07, 6.45) is 3.93. The molecule has 1 amide bonds. The second-order valence-corrected chi connectivity index (χ2v) is 7.24. The average molecular weight is 334 g/mol. The quantitative estimate of drug-likeness (QED) is 0.840. The summed E-state index contributed by atoms with van der Waals surface area (Å²) in [5.41, 5.74) is 0. The van der Waals surface area contributed by atoms with Crippen LogP contribution in [0.5, 0.6) is 0 Å². The number of hydrogen-bond donors (Lipinski definition) is 0. The van der Waals surface area contributed by atoms with Crippen molar-refractivity contribution in [2.75, 3.05) is 19.7 Å². The fourth-order valence-corrected chi connectivity index (χ4v) is 3.74. The summed E-state index contributed by atoms with van der Waals surface area (Å²) in [6.45, 7) is 3.88. The monoisotopic (exact) mass is 334 g/mol. The number of amides is 1. The van der Waals surface area contributed by atoms with Crippen LogP contribution in [0.25, 0.3) is 0 Å². The maximum Gasteiger partial charge on any atom is 0.222 e. The van der Waals surface area contributed by atoms with Gasteiger partial charge in [-0.3, -0.25) is 4.79 Å². The minimum Gasteiger partial charge on any atom is -0.366 e. The topological polar surface area (TPSA) is 60.3 Å². The number of aromatic nitrogens is 3. The van der Waals surface area contributed by atoms with Crippen molar-refractivity contribution in [1.29, 1.82) is 0 Å². The van der Waals surface area contributed by atoms with Gasteiger partial charge in [0.1, 0.15) is 12.4 Å². The van der Waals surface area contributed by atoms with Crippen LogP contribution in [0.4, 0.5) is 0 Å². The van der Waals surface area contributed by atoms with Crippen molar-refractivity contribution in [3.63, 3.8) is 0 Å². The zero-order valence-electron chi connectivity index (χ0n) is 13.6. The first-order valence-corrected chi connectivity index (χ1v) is 8.73. The summed E-state index contributed by atoms with van der Waals surface area (Å²) in [7, 11) is 1.89. The van der Waals surface area contributed by atoms with Crippen LogP contribution in [0.15, 0.2) is 18.5 Å². The SMILES string of the molecule is Cc1ccc(CCCC(=O)N2CCO[C@H](c3nncn3C)C2)s1. The number of hydrogen-bond acceptors (Lipinski definition) is 5. The Kier molecular flexibility index (Phi) is 5.07. The van der Waals surface area contributed by atoms with Crippen molar-refractivity contribution < 1.29 is 9.53 Å². The van der Waals surface area contributed by atoms with Crippen LogP contribution in [0.2, 0.25) is 0 Å². The third-order valence-corrected chi connectivity index (χ3v) is 5.12. The number of aryl methyl sites for hydroxylation is 3. The highest BCUT2D eigenvalue weighted by atomic mass is 32.1. The molecule has 2 aromatic heterocycles. The van der Waals surface area contributed by atoms with E-state index in [9.17, 15) is 4.79 Å². The van der Waals surface area contributed by atoms with Crippen LogP contribution in [0.1, 0.15) is 34.5 Å². The van der Waals surface area contributed by atoms with Gasteiger partial charge >= 0.3 is 0 Å². The van der Waals surface area contributed by atoms with Crippen LogP contribution in [0.3, 0.4) is 0 Å². The van der Waals surface area contributed by atoms with Gasteiger partial charge < -0.3 is 14.2 Å². The van der Waals surface area contributed by atoms with E-state index in [1.54, 1.807) is 6.33 Å². The third kappa shape index (κ3) is 3.97. The highest BCUT2D eigenvalue weighted by Gasteiger charge is 2.27. The summed E-state index contributed by atoms with van der Waals surface area (Å²) < 4.78 is 7.59. The predicted molar refractivity (Wildman–Crippen MR) is 88.3 cm³/mol. The fourth-order valence-electron chi connectivity index (χ4n) is 2.81. The third-order valence-electron chi connectivity index (χ3n) is 4.06. The Balaban J connectivity index is 1.50. The number of morpholine rings is 1. The molecule has 0 N–H and O–H groups in total. The van der Waals surface area contributed by atoms with Crippen molar-refractivity contribution in [3.8, 4) is 0 Å². The number of nitrogens with zero attached hydrogens (tertiary/aromatic N) is 4. The first-order chi connectivity index (χ1) is 11.1. The van der Waals surface area contributed by atoms with Crippen LogP contribution in [0, 0.1) is 6.92 Å². The molecule has 0 aliphatic carbocycles. The van der Waals surface area contributed by atoms with Gasteiger partial charge in [-0.25, -0.2) is 0 Å². The molecule has 0 bridgehead atoms. The second-order valence-electron chi connectivity index (χ2n) is 5.87. The fraction of sp³-hybridized carbons (Fsp3) is 0.562. The van der Waals surface area contributed by atoms with Gasteiger partial charge in [0.25, 0.3) is 0 Å². The maximum absolute atomic E-state index is 12.4. The Morgan fingerprint density at radius 3 is 3.04 bits per heavy atom. The zero-order valence-corrected chi connectivity index (χ0v) is 14.4. The van der Waals surface area contributed by atoms with Crippen LogP contribution in [-0.4, -0.2) is 45.3 Å². The van der Waals surface area contributed by atoms with E-state index in [1.165, 1.54) is 9.75 Å². The molecule has 2 aromatic rings. The lowest BCUT2D eigenvalue weighted by Gasteiger charge is -2.32. The Morgan fingerprint density at radius 1 is 1.48 bits per heavy atom. The van der Waals surface area contributed by atoms with E-state index in [0.717, 1.165) is 18.7 Å². The van der Waals surface area contributed by atoms with Gasteiger partial charge in [0.15, 0.2) is 5.82 Å². The van der Waals surface area contributed by atoms with E-state index in [2.05, 4.69) is 29.3 Å². The lowest BCUT2D eigenvalue weighted by atomic mass is 10.1. The van der Waals surface area contributed by atoms with Gasteiger partial charge in [-0.05, 0) is 31.9 Å². The van der Waals surface area contributed by atoms with E-state index in [0.29, 0.717) is 26.1 Å². The number of rotatable bonds is 5. The average Bonchev–Trinajstić information content (AvgIpc) is 3.16. The first-order valence-electron chi connectivity index (χ1n) is 7.92. The van der Waals surface area contributed by atoms with Crippen molar-refractivity contribution >= 4 is 17.2 Å². The molecule has 0 saturated carbocycles. The Morgan fingerprint density at radius 2 is 2.35 bits per heavy atom. The molecule has 1 aliphatic rings. The Bertz CT molecular complexity index is 667. The molecule has 1 saturated heterocycles. The Hall–Kier alpha value is -1.73. The van der Waals surface area contributed by atoms with Crippen molar-refractivity contribution in [1.82, 2.24) is 19.7 Å². The maximum atomic E-state index is 12.4. The number of carbonyl (C=O) groups is 1. The summed E-state index contributed by atoms with van der Waals surface area (Å²) in [5.74, 6) is 0.977. The predicted octanol–water partition coefficient (Wildman–Crippen LogP) is 2.11. The standard InChI is InChI=1S/C16H22N4O2S/c1-12-6-7-13(23-12)4-3-5-15(21)20-8-9-22-14(10-20)16-18-17-11-19(16)2/h6-7,11,14H,3-5,8-10H2,1-2H3/t14-/m0/s1. The molecule has 23 heavy (non-hydrogen) atoms. The van der Waals surface area contributed by atoms with Gasteiger partial charge in [-0.1, -0.05) is 0 Å². The molecule has 0 spiro atoms. The summed E-state index contributed by atoms with van der Waals surface area (Å²) >= 11 is 1.81. The second kappa shape index (κ2) is 7.23. The van der Waals surface area contributed by atoms with Gasteiger partial charge in [0, 0.05) is 29.8 Å². The molecule has 7 heteroatoms. The van der Waals surface area contributed by atoms with E-state index < -0.39 is 0 Å². The van der Waals surface area contributed by atoms with E-state index in [4.69, 9.17) is 4.74 Å². The van der Waals surface area contributed by atoms with Crippen molar-refractivity contribution in [2.45, 2.75) is 32.3 Å². The number of thiophene rings is 1. The van der Waals surface area contributed by atoms with Crippen molar-refractivity contribution in [2.24, 2.45) is 7.05 Å². The highest BCUT2D eigenvalue weighted by molar-refractivity contribution is 7.11. The van der Waals surface area contributed by atoms with Gasteiger partial charge in [-0.15, -0.1) is 21.5 Å². The number of carbonyl (C=O) groups excluding carboxylic acids is 1. The molecule has 1 fully saturated rings. The summed E-state index contributed by atoms with van der Waals surface area (Å²) in [4.78, 5) is 17.0. The van der Waals surface area contributed by atoms with Crippen molar-refractivity contribution in [3.05, 3.63) is 34.0 Å². The molecule has 3 rings (SSSR count). The highest BCUT2D eigenvalue weighted by Crippen LogP contribution is 2.21. The van der Waals surface area contributed by atoms with Crippen LogP contribution < -0.4 is 0 Å². The number of ether oxygens (including phenoxy) is 1. The molecule has 1 atom stereocenters. The molecule has 1 aliphatic heterocycles. The minimum atomic E-state index is -0.180. The van der Waals surface area contributed by atoms with Gasteiger partial charge in [0.05, 0.1) is 13.2 Å². The normalized spacial score (nSPS) is 18.3. The Labute approximate surface area is 140 Å². The molecule has 0 radical (unpaired) electrons. The van der Waals surface area contributed by atoms with Crippen LogP contribution in [-0.2, 0) is 23.0 Å². The first kappa shape index (κ1) is 16.1.